The van der Waals surface area contributed by atoms with Crippen LogP contribution in [0.3, 0.4) is 0 Å². The van der Waals surface area contributed by atoms with Gasteiger partial charge in [0.05, 0.1) is 13.1 Å². The molecule has 0 spiro atoms. The van der Waals surface area contributed by atoms with E-state index < -0.39 is 6.10 Å². The molecule has 3 nitrogen and oxygen atoms in total. The Morgan fingerprint density at radius 1 is 1.24 bits per heavy atom. The molecule has 1 aromatic rings. The van der Waals surface area contributed by atoms with Crippen molar-refractivity contribution in [1.82, 2.24) is 0 Å². The zero-order chi connectivity index (χ0) is 15.4. The maximum atomic E-state index is 10.2. The van der Waals surface area contributed by atoms with Crippen LogP contribution in [0.25, 0.3) is 0 Å². The molecule has 1 saturated heterocycles. The molecule has 0 aromatic heterocycles. The summed E-state index contributed by atoms with van der Waals surface area (Å²) >= 11 is 0. The first kappa shape index (κ1) is 16.3. The van der Waals surface area contributed by atoms with E-state index >= 15 is 0 Å². The molecular formula is C18H30NO2+. The Morgan fingerprint density at radius 2 is 1.90 bits per heavy atom. The van der Waals surface area contributed by atoms with Crippen molar-refractivity contribution in [3.05, 3.63) is 29.3 Å². The number of likely N-dealkylation sites (tertiary alicyclic amines) is 1. The molecule has 1 aromatic carbocycles. The number of aryl methyl sites for hydroxylation is 2. The van der Waals surface area contributed by atoms with Crippen LogP contribution in [0.15, 0.2) is 18.2 Å². The van der Waals surface area contributed by atoms with Crippen LogP contribution < -0.4 is 9.64 Å². The molecule has 0 aliphatic carbocycles. The number of aliphatic hydroxyl groups is 1. The highest BCUT2D eigenvalue weighted by molar-refractivity contribution is 5.35. The Kier molecular flexibility index (Phi) is 5.65. The molecule has 0 unspecified atom stereocenters. The van der Waals surface area contributed by atoms with Gasteiger partial charge in [-0.3, -0.25) is 0 Å². The highest BCUT2D eigenvalue weighted by Gasteiger charge is 2.26. The lowest BCUT2D eigenvalue weighted by molar-refractivity contribution is -0.915. The van der Waals surface area contributed by atoms with Gasteiger partial charge in [-0.15, -0.1) is 0 Å². The lowest BCUT2D eigenvalue weighted by Crippen LogP contribution is -3.15. The van der Waals surface area contributed by atoms with E-state index in [0.717, 1.165) is 29.7 Å². The first-order valence-electron chi connectivity index (χ1n) is 8.15. The van der Waals surface area contributed by atoms with Crippen LogP contribution in [0.5, 0.6) is 5.75 Å². The molecule has 1 aliphatic rings. The highest BCUT2D eigenvalue weighted by Crippen LogP contribution is 2.19. The maximum absolute atomic E-state index is 10.2. The summed E-state index contributed by atoms with van der Waals surface area (Å²) in [4.78, 5) is 1.51. The van der Waals surface area contributed by atoms with Gasteiger partial charge < -0.3 is 14.7 Å². The zero-order valence-corrected chi connectivity index (χ0v) is 13.9. The third-order valence-electron chi connectivity index (χ3n) is 4.38. The fourth-order valence-electron chi connectivity index (χ4n) is 3.53. The Labute approximate surface area is 128 Å². The summed E-state index contributed by atoms with van der Waals surface area (Å²) in [5.74, 6) is 2.41. The summed E-state index contributed by atoms with van der Waals surface area (Å²) < 4.78 is 5.81. The number of hydrogen-bond donors (Lipinski definition) is 2. The van der Waals surface area contributed by atoms with Gasteiger partial charge in [-0.2, -0.15) is 0 Å². The molecule has 1 heterocycles. The predicted octanol–water partition coefficient (Wildman–Crippen LogP) is 1.60. The summed E-state index contributed by atoms with van der Waals surface area (Å²) in [6.45, 7) is 12.2. The van der Waals surface area contributed by atoms with Crippen molar-refractivity contribution in [1.29, 1.82) is 0 Å². The van der Waals surface area contributed by atoms with Crippen molar-refractivity contribution in [2.45, 2.75) is 40.2 Å². The SMILES string of the molecule is Cc1ccc(C)c(OC[C@H](O)C[NH+]2C[C@@H](C)C[C@H](C)C2)c1. The molecule has 2 rings (SSSR count). The largest absolute Gasteiger partial charge is 0.490 e. The van der Waals surface area contributed by atoms with E-state index in [1.165, 1.54) is 30.0 Å². The molecule has 2 N–H and O–H groups in total. The lowest BCUT2D eigenvalue weighted by Gasteiger charge is -2.33. The van der Waals surface area contributed by atoms with Crippen molar-refractivity contribution in [3.8, 4) is 5.75 Å². The van der Waals surface area contributed by atoms with E-state index in [4.69, 9.17) is 4.74 Å². The molecule has 21 heavy (non-hydrogen) atoms. The van der Waals surface area contributed by atoms with Crippen LogP contribution in [0, 0.1) is 25.7 Å². The molecule has 3 heteroatoms. The van der Waals surface area contributed by atoms with E-state index in [-0.39, 0.29) is 0 Å². The molecule has 0 radical (unpaired) electrons. The Morgan fingerprint density at radius 3 is 2.57 bits per heavy atom. The van der Waals surface area contributed by atoms with Gasteiger partial charge in [0.2, 0.25) is 0 Å². The number of nitrogens with one attached hydrogen (secondary N) is 1. The van der Waals surface area contributed by atoms with Crippen LogP contribution in [0.4, 0.5) is 0 Å². The van der Waals surface area contributed by atoms with Gasteiger partial charge in [0.1, 0.15) is 25.0 Å². The number of hydrogen-bond acceptors (Lipinski definition) is 2. The monoisotopic (exact) mass is 292 g/mol. The Hall–Kier alpha value is -1.06. The molecule has 3 atom stereocenters. The molecule has 1 aliphatic heterocycles. The zero-order valence-electron chi connectivity index (χ0n) is 13.9. The van der Waals surface area contributed by atoms with Gasteiger partial charge >= 0.3 is 0 Å². The average molecular weight is 292 g/mol. The van der Waals surface area contributed by atoms with Gasteiger partial charge in [-0.25, -0.2) is 0 Å². The first-order valence-corrected chi connectivity index (χ1v) is 8.15. The van der Waals surface area contributed by atoms with Crippen LogP contribution in [0.1, 0.15) is 31.4 Å². The van der Waals surface area contributed by atoms with E-state index in [1.807, 2.05) is 13.0 Å². The summed E-state index contributed by atoms with van der Waals surface area (Å²) in [6, 6.07) is 6.19. The minimum atomic E-state index is -0.391. The van der Waals surface area contributed by atoms with Gasteiger partial charge in [-0.05, 0) is 37.5 Å². The second kappa shape index (κ2) is 7.28. The van der Waals surface area contributed by atoms with E-state index in [1.54, 1.807) is 0 Å². The molecular weight excluding hydrogens is 262 g/mol. The van der Waals surface area contributed by atoms with Crippen molar-refractivity contribution < 1.29 is 14.7 Å². The standard InChI is InChI=1S/C18H29NO2/c1-13-5-6-16(4)18(8-13)21-12-17(20)11-19-9-14(2)7-15(3)10-19/h5-6,8,14-15,17,20H,7,9-12H2,1-4H3/p+1/t14-,15-,17+/m0/s1. The second-order valence-corrected chi connectivity index (χ2v) is 7.04. The van der Waals surface area contributed by atoms with E-state index in [2.05, 4.69) is 32.9 Å². The minimum absolute atomic E-state index is 0.385. The number of piperidine rings is 1. The van der Waals surface area contributed by atoms with Crippen LogP contribution in [-0.2, 0) is 0 Å². The molecule has 0 saturated carbocycles. The van der Waals surface area contributed by atoms with Crippen molar-refractivity contribution in [2.24, 2.45) is 11.8 Å². The quantitative estimate of drug-likeness (QED) is 0.864. The topological polar surface area (TPSA) is 33.9 Å². The summed E-state index contributed by atoms with van der Waals surface area (Å²) in [6.07, 6.45) is 0.927. The van der Waals surface area contributed by atoms with Crippen LogP contribution >= 0.6 is 0 Å². The van der Waals surface area contributed by atoms with Gasteiger partial charge in [0.15, 0.2) is 0 Å². The maximum Gasteiger partial charge on any atom is 0.137 e. The van der Waals surface area contributed by atoms with Crippen molar-refractivity contribution in [2.75, 3.05) is 26.2 Å². The van der Waals surface area contributed by atoms with Gasteiger partial charge in [0, 0.05) is 11.8 Å². The third kappa shape index (κ3) is 5.01. The number of ether oxygens (including phenoxy) is 1. The first-order chi connectivity index (χ1) is 9.94. The predicted molar refractivity (Wildman–Crippen MR) is 85.9 cm³/mol. The van der Waals surface area contributed by atoms with Crippen LogP contribution in [-0.4, -0.2) is 37.5 Å². The summed E-state index contributed by atoms with van der Waals surface area (Å²) in [5, 5.41) is 10.2. The fraction of sp³-hybridized carbons (Fsp3) is 0.667. The van der Waals surface area contributed by atoms with Gasteiger partial charge in [-0.1, -0.05) is 26.0 Å². The van der Waals surface area contributed by atoms with Crippen LogP contribution in [0.2, 0.25) is 0 Å². The Bertz CT molecular complexity index is 451. The van der Waals surface area contributed by atoms with E-state index in [9.17, 15) is 5.11 Å². The summed E-state index contributed by atoms with van der Waals surface area (Å²) in [5.41, 5.74) is 2.31. The lowest BCUT2D eigenvalue weighted by atomic mass is 9.92. The number of rotatable bonds is 5. The number of quaternary nitrogens is 1. The van der Waals surface area contributed by atoms with Crippen molar-refractivity contribution >= 4 is 0 Å². The third-order valence-corrected chi connectivity index (χ3v) is 4.38. The number of benzene rings is 1. The second-order valence-electron chi connectivity index (χ2n) is 7.04. The highest BCUT2D eigenvalue weighted by atomic mass is 16.5. The number of aliphatic hydroxyl groups excluding tert-OH is 1. The Balaban J connectivity index is 1.81. The normalized spacial score (nSPS) is 27.4. The minimum Gasteiger partial charge on any atom is -0.490 e. The van der Waals surface area contributed by atoms with Crippen molar-refractivity contribution in [3.63, 3.8) is 0 Å². The van der Waals surface area contributed by atoms with E-state index in [0.29, 0.717) is 6.61 Å². The fourth-order valence-corrected chi connectivity index (χ4v) is 3.53. The van der Waals surface area contributed by atoms with Gasteiger partial charge in [0.25, 0.3) is 0 Å². The molecule has 0 bridgehead atoms. The molecule has 118 valence electrons. The molecule has 0 amide bonds. The summed E-state index contributed by atoms with van der Waals surface area (Å²) in [7, 11) is 0. The molecule has 1 fully saturated rings. The average Bonchev–Trinajstić information content (AvgIpc) is 2.38. The smallest absolute Gasteiger partial charge is 0.137 e.